The largest absolute Gasteiger partial charge is 0.325 e. The summed E-state index contributed by atoms with van der Waals surface area (Å²) in [4.78, 5) is 29.8. The topological polar surface area (TPSA) is 64.0 Å². The van der Waals surface area contributed by atoms with Crippen molar-refractivity contribution in [3.05, 3.63) is 62.9 Å². The van der Waals surface area contributed by atoms with Crippen molar-refractivity contribution in [1.82, 2.24) is 9.55 Å². The summed E-state index contributed by atoms with van der Waals surface area (Å²) in [5, 5.41) is 4.47. The van der Waals surface area contributed by atoms with Gasteiger partial charge in [0, 0.05) is 17.3 Å². The highest BCUT2D eigenvalue weighted by Crippen LogP contribution is 2.21. The van der Waals surface area contributed by atoms with Crippen LogP contribution in [0.1, 0.15) is 24.5 Å². The van der Waals surface area contributed by atoms with Crippen molar-refractivity contribution in [2.24, 2.45) is 0 Å². The van der Waals surface area contributed by atoms with Gasteiger partial charge in [-0.15, -0.1) is 0 Å². The molecule has 0 aliphatic rings. The summed E-state index contributed by atoms with van der Waals surface area (Å²) in [6.07, 6.45) is 0.795. The standard InChI is InChI=1S/C21H22ClN3O2S/c1-4-9-25-20(27)17-8-6-15(22)11-18(17)24-21(25)28-12-19(26)23-16-7-5-13(2)14(3)10-16/h5-8,10-11H,4,9,12H2,1-3H3,(H,23,26). The number of hydrogen-bond donors (Lipinski definition) is 1. The lowest BCUT2D eigenvalue weighted by Gasteiger charge is -2.12. The molecule has 146 valence electrons. The number of nitrogens with one attached hydrogen (secondary N) is 1. The van der Waals surface area contributed by atoms with Crippen LogP contribution in [-0.2, 0) is 11.3 Å². The Bertz CT molecular complexity index is 1090. The van der Waals surface area contributed by atoms with Crippen LogP contribution in [0.4, 0.5) is 5.69 Å². The number of aromatic nitrogens is 2. The lowest BCUT2D eigenvalue weighted by atomic mass is 10.1. The van der Waals surface area contributed by atoms with Crippen molar-refractivity contribution in [2.45, 2.75) is 38.9 Å². The average molecular weight is 416 g/mol. The van der Waals surface area contributed by atoms with Crippen LogP contribution >= 0.6 is 23.4 Å². The van der Waals surface area contributed by atoms with Gasteiger partial charge in [-0.25, -0.2) is 4.98 Å². The zero-order chi connectivity index (χ0) is 20.3. The molecule has 0 radical (unpaired) electrons. The third kappa shape index (κ3) is 4.56. The summed E-state index contributed by atoms with van der Waals surface area (Å²) < 4.78 is 1.63. The lowest BCUT2D eigenvalue weighted by molar-refractivity contribution is -0.113. The van der Waals surface area contributed by atoms with Crippen molar-refractivity contribution in [3.63, 3.8) is 0 Å². The number of anilines is 1. The second-order valence-electron chi connectivity index (χ2n) is 6.65. The Balaban J connectivity index is 1.82. The van der Waals surface area contributed by atoms with E-state index in [1.54, 1.807) is 22.8 Å². The maximum absolute atomic E-state index is 12.8. The molecule has 5 nitrogen and oxygen atoms in total. The third-order valence-corrected chi connectivity index (χ3v) is 5.66. The quantitative estimate of drug-likeness (QED) is 0.463. The average Bonchev–Trinajstić information content (AvgIpc) is 2.65. The molecule has 1 N–H and O–H groups in total. The van der Waals surface area contributed by atoms with Crippen LogP contribution < -0.4 is 10.9 Å². The Morgan fingerprint density at radius 3 is 2.68 bits per heavy atom. The van der Waals surface area contributed by atoms with E-state index in [0.29, 0.717) is 27.6 Å². The van der Waals surface area contributed by atoms with E-state index in [2.05, 4.69) is 10.3 Å². The number of nitrogens with zero attached hydrogens (tertiary/aromatic N) is 2. The van der Waals surface area contributed by atoms with Crippen molar-refractivity contribution < 1.29 is 4.79 Å². The molecule has 1 amide bonds. The molecule has 7 heteroatoms. The lowest BCUT2D eigenvalue weighted by Crippen LogP contribution is -2.24. The molecule has 0 aliphatic carbocycles. The Kier molecular flexibility index (Phi) is 6.42. The summed E-state index contributed by atoms with van der Waals surface area (Å²) in [7, 11) is 0. The minimum Gasteiger partial charge on any atom is -0.325 e. The molecule has 0 aliphatic heterocycles. The molecule has 28 heavy (non-hydrogen) atoms. The number of carbonyl (C=O) groups excluding carboxylic acids is 1. The minimum atomic E-state index is -0.142. The van der Waals surface area contributed by atoms with Gasteiger partial charge < -0.3 is 5.32 Å². The molecule has 1 aromatic heterocycles. The van der Waals surface area contributed by atoms with Gasteiger partial charge >= 0.3 is 0 Å². The fourth-order valence-electron chi connectivity index (χ4n) is 2.85. The van der Waals surface area contributed by atoms with Gasteiger partial charge in [0.1, 0.15) is 0 Å². The minimum absolute atomic E-state index is 0.111. The number of fused-ring (bicyclic) bond motifs is 1. The highest BCUT2D eigenvalue weighted by atomic mass is 35.5. The van der Waals surface area contributed by atoms with Crippen molar-refractivity contribution in [1.29, 1.82) is 0 Å². The van der Waals surface area contributed by atoms with E-state index >= 15 is 0 Å². The second kappa shape index (κ2) is 8.80. The summed E-state index contributed by atoms with van der Waals surface area (Å²) in [5.41, 5.74) is 3.49. The molecule has 0 spiro atoms. The first-order valence-corrected chi connectivity index (χ1v) is 10.5. The van der Waals surface area contributed by atoms with Crippen molar-refractivity contribution in [2.75, 3.05) is 11.1 Å². The van der Waals surface area contributed by atoms with Crippen LogP contribution in [0.2, 0.25) is 5.02 Å². The predicted molar refractivity (Wildman–Crippen MR) is 117 cm³/mol. The fraction of sp³-hybridized carbons (Fsp3) is 0.286. The number of hydrogen-bond acceptors (Lipinski definition) is 4. The molecule has 0 atom stereocenters. The summed E-state index contributed by atoms with van der Waals surface area (Å²) in [6, 6.07) is 10.9. The van der Waals surface area contributed by atoms with Gasteiger partial charge in [0.15, 0.2) is 5.16 Å². The van der Waals surface area contributed by atoms with E-state index in [4.69, 9.17) is 11.6 Å². The zero-order valence-electron chi connectivity index (χ0n) is 16.1. The normalized spacial score (nSPS) is 11.0. The highest BCUT2D eigenvalue weighted by molar-refractivity contribution is 7.99. The van der Waals surface area contributed by atoms with Crippen LogP contribution in [0.25, 0.3) is 10.9 Å². The van der Waals surface area contributed by atoms with Crippen LogP contribution in [0.3, 0.4) is 0 Å². The first kappa shape index (κ1) is 20.4. The Labute approximate surface area is 173 Å². The first-order valence-electron chi connectivity index (χ1n) is 9.09. The summed E-state index contributed by atoms with van der Waals surface area (Å²) in [6.45, 7) is 6.58. The van der Waals surface area contributed by atoms with Gasteiger partial charge in [-0.05, 0) is 61.7 Å². The number of thioether (sulfide) groups is 1. The van der Waals surface area contributed by atoms with Crippen molar-refractivity contribution in [3.8, 4) is 0 Å². The van der Waals surface area contributed by atoms with Gasteiger partial charge in [-0.3, -0.25) is 14.2 Å². The van der Waals surface area contributed by atoms with E-state index in [1.165, 1.54) is 17.3 Å². The van der Waals surface area contributed by atoms with Crippen molar-refractivity contribution >= 4 is 45.9 Å². The fourth-order valence-corrected chi connectivity index (χ4v) is 3.84. The molecular weight excluding hydrogens is 394 g/mol. The van der Waals surface area contributed by atoms with Crippen LogP contribution in [0.15, 0.2) is 46.3 Å². The number of halogens is 1. The molecule has 3 aromatic rings. The summed E-state index contributed by atoms with van der Waals surface area (Å²) >= 11 is 7.30. The smallest absolute Gasteiger partial charge is 0.262 e. The molecule has 0 unspecified atom stereocenters. The van der Waals surface area contributed by atoms with Crippen LogP contribution in [-0.4, -0.2) is 21.2 Å². The van der Waals surface area contributed by atoms with Crippen LogP contribution in [0, 0.1) is 13.8 Å². The number of carbonyl (C=O) groups is 1. The summed E-state index contributed by atoms with van der Waals surface area (Å²) in [5.74, 6) is 0.0199. The molecule has 3 rings (SSSR count). The third-order valence-electron chi connectivity index (χ3n) is 4.45. The van der Waals surface area contributed by atoms with Gasteiger partial charge in [-0.2, -0.15) is 0 Å². The van der Waals surface area contributed by atoms with E-state index in [9.17, 15) is 9.59 Å². The monoisotopic (exact) mass is 415 g/mol. The van der Waals surface area contributed by atoms with E-state index < -0.39 is 0 Å². The maximum atomic E-state index is 12.8. The molecule has 0 saturated heterocycles. The molecule has 2 aromatic carbocycles. The van der Waals surface area contributed by atoms with Gasteiger partial charge in [0.05, 0.1) is 16.7 Å². The van der Waals surface area contributed by atoms with E-state index in [1.807, 2.05) is 39.0 Å². The van der Waals surface area contributed by atoms with Gasteiger partial charge in [-0.1, -0.05) is 36.4 Å². The number of aryl methyl sites for hydroxylation is 2. The number of benzene rings is 2. The van der Waals surface area contributed by atoms with Crippen LogP contribution in [0.5, 0.6) is 0 Å². The SMILES string of the molecule is CCCn1c(SCC(=O)Nc2ccc(C)c(C)c2)nc2cc(Cl)ccc2c1=O. The second-order valence-corrected chi connectivity index (χ2v) is 8.03. The highest BCUT2D eigenvalue weighted by Gasteiger charge is 2.13. The molecule has 1 heterocycles. The zero-order valence-corrected chi connectivity index (χ0v) is 17.7. The molecular formula is C21H22ClN3O2S. The van der Waals surface area contributed by atoms with E-state index in [0.717, 1.165) is 17.7 Å². The predicted octanol–water partition coefficient (Wildman–Crippen LogP) is 4.81. The maximum Gasteiger partial charge on any atom is 0.262 e. The van der Waals surface area contributed by atoms with Gasteiger partial charge in [0.2, 0.25) is 5.91 Å². The Morgan fingerprint density at radius 2 is 1.96 bits per heavy atom. The first-order chi connectivity index (χ1) is 13.4. The molecule has 0 fully saturated rings. The molecule has 0 saturated carbocycles. The van der Waals surface area contributed by atoms with E-state index in [-0.39, 0.29) is 17.2 Å². The number of amides is 1. The van der Waals surface area contributed by atoms with Gasteiger partial charge in [0.25, 0.3) is 5.56 Å². The number of rotatable bonds is 6. The Morgan fingerprint density at radius 1 is 1.18 bits per heavy atom. The Hall–Kier alpha value is -2.31. The molecule has 0 bridgehead atoms.